The minimum Gasteiger partial charge on any atom is -0.355 e. The number of nitrogens with one attached hydrogen (secondary N) is 1. The molecule has 0 unspecified atom stereocenters. The first-order valence-electron chi connectivity index (χ1n) is 9.30. The van der Waals surface area contributed by atoms with Gasteiger partial charge in [-0.05, 0) is 67.1 Å². The van der Waals surface area contributed by atoms with Gasteiger partial charge in [0.1, 0.15) is 11.5 Å². The van der Waals surface area contributed by atoms with Gasteiger partial charge in [-0.25, -0.2) is 4.39 Å². The van der Waals surface area contributed by atoms with E-state index in [2.05, 4.69) is 20.4 Å². The second-order valence-corrected chi connectivity index (χ2v) is 7.91. The summed E-state index contributed by atoms with van der Waals surface area (Å²) in [6.45, 7) is 3.31. The van der Waals surface area contributed by atoms with Crippen LogP contribution in [0.5, 0.6) is 0 Å². The van der Waals surface area contributed by atoms with Crippen LogP contribution in [-0.4, -0.2) is 29.2 Å². The third-order valence-electron chi connectivity index (χ3n) is 5.06. The van der Waals surface area contributed by atoms with Crippen LogP contribution in [0.15, 0.2) is 47.8 Å². The zero-order valence-electron chi connectivity index (χ0n) is 15.6. The van der Waals surface area contributed by atoms with Crippen molar-refractivity contribution in [1.29, 1.82) is 0 Å². The van der Waals surface area contributed by atoms with Gasteiger partial charge in [0, 0.05) is 24.7 Å². The van der Waals surface area contributed by atoms with Gasteiger partial charge in [-0.2, -0.15) is 0 Å². The molecule has 1 aliphatic heterocycles. The summed E-state index contributed by atoms with van der Waals surface area (Å²) in [5, 5.41) is 13.7. The Kier molecular flexibility index (Phi) is 5.34. The first-order chi connectivity index (χ1) is 13.6. The van der Waals surface area contributed by atoms with Gasteiger partial charge in [0.05, 0.1) is 4.88 Å². The van der Waals surface area contributed by atoms with Crippen LogP contribution in [0.2, 0.25) is 0 Å². The summed E-state index contributed by atoms with van der Waals surface area (Å²) in [7, 11) is 0. The molecule has 7 heteroatoms. The van der Waals surface area contributed by atoms with Crippen LogP contribution in [0.1, 0.15) is 18.4 Å². The molecule has 1 N–H and O–H groups in total. The molecule has 4 rings (SSSR count). The first-order valence-corrected chi connectivity index (χ1v) is 10.2. The summed E-state index contributed by atoms with van der Waals surface area (Å²) >= 11 is 1.64. The molecular formula is C21H21FN4OS. The molecule has 1 fully saturated rings. The van der Waals surface area contributed by atoms with Crippen LogP contribution in [0, 0.1) is 18.7 Å². The molecule has 0 spiro atoms. The highest BCUT2D eigenvalue weighted by atomic mass is 32.1. The Labute approximate surface area is 167 Å². The van der Waals surface area contributed by atoms with Crippen LogP contribution in [0.25, 0.3) is 10.6 Å². The summed E-state index contributed by atoms with van der Waals surface area (Å²) in [5.41, 5.74) is 2.28. The average molecular weight is 396 g/mol. The van der Waals surface area contributed by atoms with Gasteiger partial charge >= 0.3 is 0 Å². The molecule has 0 atom stereocenters. The maximum Gasteiger partial charge on any atom is 0.227 e. The van der Waals surface area contributed by atoms with Crippen molar-refractivity contribution in [2.45, 2.75) is 19.8 Å². The number of hydrogen-bond acceptors (Lipinski definition) is 5. The van der Waals surface area contributed by atoms with E-state index in [9.17, 15) is 9.18 Å². The molecule has 28 heavy (non-hydrogen) atoms. The fourth-order valence-electron chi connectivity index (χ4n) is 3.42. The second-order valence-electron chi connectivity index (χ2n) is 6.96. The Morgan fingerprint density at radius 3 is 2.64 bits per heavy atom. The maximum absolute atomic E-state index is 13.2. The summed E-state index contributed by atoms with van der Waals surface area (Å²) < 4.78 is 13.2. The normalized spacial score (nSPS) is 14.9. The molecule has 0 aliphatic carbocycles. The lowest BCUT2D eigenvalue weighted by atomic mass is 9.95. The van der Waals surface area contributed by atoms with E-state index < -0.39 is 0 Å². The van der Waals surface area contributed by atoms with E-state index in [1.165, 1.54) is 12.1 Å². The lowest BCUT2D eigenvalue weighted by Gasteiger charge is -2.31. The molecular weight excluding hydrogens is 375 g/mol. The number of piperidine rings is 1. The Bertz CT molecular complexity index is 951. The molecule has 3 heterocycles. The quantitative estimate of drug-likeness (QED) is 0.705. The molecule has 1 saturated heterocycles. The maximum atomic E-state index is 13.2. The van der Waals surface area contributed by atoms with Crippen LogP contribution in [-0.2, 0) is 4.79 Å². The molecule has 1 aliphatic rings. The number of thiophene rings is 1. The summed E-state index contributed by atoms with van der Waals surface area (Å²) in [5.74, 6) is 0.482. The van der Waals surface area contributed by atoms with Gasteiger partial charge in [-0.3, -0.25) is 4.79 Å². The molecule has 1 aromatic carbocycles. The third kappa shape index (κ3) is 4.04. The van der Waals surface area contributed by atoms with Gasteiger partial charge in [0.15, 0.2) is 5.82 Å². The molecule has 144 valence electrons. The fraction of sp³-hybridized carbons (Fsp3) is 0.286. The van der Waals surface area contributed by atoms with Crippen LogP contribution in [0.4, 0.5) is 15.9 Å². The lowest BCUT2D eigenvalue weighted by molar-refractivity contribution is -0.120. The highest BCUT2D eigenvalue weighted by Gasteiger charge is 2.26. The van der Waals surface area contributed by atoms with Crippen molar-refractivity contribution < 1.29 is 9.18 Å². The van der Waals surface area contributed by atoms with Crippen molar-refractivity contribution >= 4 is 28.7 Å². The smallest absolute Gasteiger partial charge is 0.227 e. The van der Waals surface area contributed by atoms with Crippen LogP contribution in [0.3, 0.4) is 0 Å². The molecule has 5 nitrogen and oxygen atoms in total. The van der Waals surface area contributed by atoms with Gasteiger partial charge < -0.3 is 10.2 Å². The topological polar surface area (TPSA) is 58.1 Å². The summed E-state index contributed by atoms with van der Waals surface area (Å²) in [6, 6.07) is 12.4. The van der Waals surface area contributed by atoms with Crippen LogP contribution >= 0.6 is 11.3 Å². The van der Waals surface area contributed by atoms with Crippen molar-refractivity contribution in [3.63, 3.8) is 0 Å². The van der Waals surface area contributed by atoms with Gasteiger partial charge in [0.25, 0.3) is 0 Å². The van der Waals surface area contributed by atoms with E-state index in [1.807, 2.05) is 29.6 Å². The van der Waals surface area contributed by atoms with E-state index in [-0.39, 0.29) is 17.6 Å². The van der Waals surface area contributed by atoms with E-state index in [1.54, 1.807) is 24.3 Å². The molecule has 1 amide bonds. The van der Waals surface area contributed by atoms with Crippen molar-refractivity contribution in [3.8, 4) is 10.6 Å². The second kappa shape index (κ2) is 8.06. The van der Waals surface area contributed by atoms with Crippen molar-refractivity contribution in [2.24, 2.45) is 5.92 Å². The van der Waals surface area contributed by atoms with Crippen LogP contribution < -0.4 is 10.2 Å². The Morgan fingerprint density at radius 2 is 2.00 bits per heavy atom. The minimum atomic E-state index is -0.296. The number of nitrogens with zero attached hydrogens (tertiary/aromatic N) is 3. The third-order valence-corrected chi connectivity index (χ3v) is 5.95. The molecule has 0 saturated carbocycles. The molecule has 3 aromatic rings. The summed E-state index contributed by atoms with van der Waals surface area (Å²) in [6.07, 6.45) is 1.50. The number of benzene rings is 1. The van der Waals surface area contributed by atoms with E-state index in [4.69, 9.17) is 0 Å². The number of aryl methyl sites for hydroxylation is 1. The van der Waals surface area contributed by atoms with Crippen molar-refractivity contribution in [2.75, 3.05) is 23.3 Å². The van der Waals surface area contributed by atoms with E-state index in [0.29, 0.717) is 5.69 Å². The van der Waals surface area contributed by atoms with Gasteiger partial charge in [0.2, 0.25) is 5.91 Å². The molecule has 0 radical (unpaired) electrons. The van der Waals surface area contributed by atoms with Gasteiger partial charge in [-0.1, -0.05) is 6.07 Å². The Balaban J connectivity index is 1.34. The largest absolute Gasteiger partial charge is 0.355 e. The first kappa shape index (κ1) is 18.6. The SMILES string of the molecule is Cc1cc(F)ccc1NC(=O)C1CCN(c2ccc(-c3cccs3)nn2)CC1. The molecule has 0 bridgehead atoms. The van der Waals surface area contributed by atoms with Gasteiger partial charge in [-0.15, -0.1) is 21.5 Å². The number of anilines is 2. The monoisotopic (exact) mass is 396 g/mol. The fourth-order valence-corrected chi connectivity index (χ4v) is 4.11. The Morgan fingerprint density at radius 1 is 1.18 bits per heavy atom. The standard InChI is InChI=1S/C21H21FN4OS/c1-14-13-16(22)4-5-17(14)23-21(27)15-8-10-26(11-9-15)20-7-6-18(24-25-20)19-3-2-12-28-19/h2-7,12-13,15H,8-11H2,1H3,(H,23,27). The highest BCUT2D eigenvalue weighted by molar-refractivity contribution is 7.13. The number of carbonyl (C=O) groups is 1. The lowest BCUT2D eigenvalue weighted by Crippen LogP contribution is -2.38. The van der Waals surface area contributed by atoms with Crippen molar-refractivity contribution in [1.82, 2.24) is 10.2 Å². The zero-order valence-corrected chi connectivity index (χ0v) is 16.4. The zero-order chi connectivity index (χ0) is 19.5. The van der Waals surface area contributed by atoms with Crippen molar-refractivity contribution in [3.05, 3.63) is 59.2 Å². The number of amides is 1. The average Bonchev–Trinajstić information content (AvgIpc) is 3.25. The predicted molar refractivity (Wildman–Crippen MR) is 110 cm³/mol. The predicted octanol–water partition coefficient (Wildman–Crippen LogP) is 4.51. The number of carbonyl (C=O) groups excluding carboxylic acids is 1. The number of hydrogen-bond donors (Lipinski definition) is 1. The number of rotatable bonds is 4. The minimum absolute atomic E-state index is 0.00603. The number of aromatic nitrogens is 2. The Hall–Kier alpha value is -2.80. The number of halogens is 1. The summed E-state index contributed by atoms with van der Waals surface area (Å²) in [4.78, 5) is 15.8. The van der Waals surface area contributed by atoms with E-state index in [0.717, 1.165) is 47.9 Å². The molecule has 2 aromatic heterocycles. The highest BCUT2D eigenvalue weighted by Crippen LogP contribution is 2.26. The van der Waals surface area contributed by atoms with E-state index >= 15 is 0 Å².